The molecule has 0 saturated carbocycles. The minimum absolute atomic E-state index is 0.00703. The Morgan fingerprint density at radius 3 is 2.68 bits per heavy atom. The van der Waals surface area contributed by atoms with Crippen molar-refractivity contribution in [2.75, 3.05) is 13.2 Å². The van der Waals surface area contributed by atoms with Crippen LogP contribution in [0.1, 0.15) is 51.9 Å². The lowest BCUT2D eigenvalue weighted by atomic mass is 10.1. The smallest absolute Gasteiger partial charge is 0.355 e. The molecular formula is C14H19NO4. The van der Waals surface area contributed by atoms with Crippen molar-refractivity contribution in [2.24, 2.45) is 0 Å². The Kier molecular flexibility index (Phi) is 4.04. The zero-order chi connectivity index (χ0) is 14.0. The highest BCUT2D eigenvalue weighted by Gasteiger charge is 2.23. The Bertz CT molecular complexity index is 498. The third-order valence-electron chi connectivity index (χ3n) is 3.42. The highest BCUT2D eigenvalue weighted by atomic mass is 16.6. The fourth-order valence-corrected chi connectivity index (χ4v) is 2.50. The number of ether oxygens (including phenoxy) is 2. The molecule has 104 valence electrons. The van der Waals surface area contributed by atoms with Gasteiger partial charge in [-0.2, -0.15) is 0 Å². The number of esters is 1. The molecule has 5 heteroatoms. The molecule has 0 unspecified atom stereocenters. The summed E-state index contributed by atoms with van der Waals surface area (Å²) < 4.78 is 10.6. The standard InChI is InChI=1S/C14H19NO4/c1-8-12(10(3)16)9(2)15-13(8)14(17)19-7-11-5-4-6-18-11/h11,15H,4-7H2,1-3H3/t11-/m0/s1. The van der Waals surface area contributed by atoms with Gasteiger partial charge in [0.25, 0.3) is 0 Å². The molecule has 0 aliphatic carbocycles. The molecule has 0 aromatic carbocycles. The predicted molar refractivity (Wildman–Crippen MR) is 69.5 cm³/mol. The van der Waals surface area contributed by atoms with E-state index in [4.69, 9.17) is 9.47 Å². The number of carbonyl (C=O) groups is 2. The Hall–Kier alpha value is -1.62. The molecule has 2 heterocycles. The molecular weight excluding hydrogens is 246 g/mol. The molecule has 1 aliphatic rings. The number of H-pyrrole nitrogens is 1. The van der Waals surface area contributed by atoms with Crippen LogP contribution < -0.4 is 0 Å². The van der Waals surface area contributed by atoms with E-state index in [0.717, 1.165) is 19.4 Å². The zero-order valence-corrected chi connectivity index (χ0v) is 11.5. The van der Waals surface area contributed by atoms with Gasteiger partial charge in [0.15, 0.2) is 5.78 Å². The molecule has 1 aromatic rings. The van der Waals surface area contributed by atoms with Crippen molar-refractivity contribution < 1.29 is 19.1 Å². The number of carbonyl (C=O) groups excluding carboxylic acids is 2. The van der Waals surface area contributed by atoms with Crippen LogP contribution in [-0.4, -0.2) is 36.1 Å². The van der Waals surface area contributed by atoms with Crippen LogP contribution in [0.4, 0.5) is 0 Å². The van der Waals surface area contributed by atoms with E-state index in [1.807, 2.05) is 0 Å². The van der Waals surface area contributed by atoms with Crippen LogP contribution in [0, 0.1) is 13.8 Å². The number of hydrogen-bond acceptors (Lipinski definition) is 4. The van der Waals surface area contributed by atoms with E-state index in [-0.39, 0.29) is 18.5 Å². The van der Waals surface area contributed by atoms with Gasteiger partial charge in [0.2, 0.25) is 0 Å². The summed E-state index contributed by atoms with van der Waals surface area (Å²) in [6, 6.07) is 0. The monoisotopic (exact) mass is 265 g/mol. The summed E-state index contributed by atoms with van der Waals surface area (Å²) in [5, 5.41) is 0. The maximum atomic E-state index is 12.0. The summed E-state index contributed by atoms with van der Waals surface area (Å²) in [4.78, 5) is 26.4. The number of Topliss-reactive ketones (excluding diaryl/α,β-unsaturated/α-hetero) is 1. The van der Waals surface area contributed by atoms with Gasteiger partial charge in [-0.25, -0.2) is 4.79 Å². The molecule has 0 bridgehead atoms. The predicted octanol–water partition coefficient (Wildman–Crippen LogP) is 2.17. The number of ketones is 1. The van der Waals surface area contributed by atoms with E-state index in [9.17, 15) is 9.59 Å². The fraction of sp³-hybridized carbons (Fsp3) is 0.571. The van der Waals surface area contributed by atoms with Crippen molar-refractivity contribution in [2.45, 2.75) is 39.7 Å². The van der Waals surface area contributed by atoms with Crippen molar-refractivity contribution in [1.82, 2.24) is 4.98 Å². The summed E-state index contributed by atoms with van der Waals surface area (Å²) in [6.07, 6.45) is 1.94. The van der Waals surface area contributed by atoms with Crippen molar-refractivity contribution in [1.29, 1.82) is 0 Å². The van der Waals surface area contributed by atoms with Gasteiger partial charge in [-0.15, -0.1) is 0 Å². The van der Waals surface area contributed by atoms with Crippen molar-refractivity contribution >= 4 is 11.8 Å². The average Bonchev–Trinajstić information content (AvgIpc) is 2.94. The molecule has 0 amide bonds. The van der Waals surface area contributed by atoms with E-state index < -0.39 is 5.97 Å². The van der Waals surface area contributed by atoms with Crippen molar-refractivity contribution in [3.63, 3.8) is 0 Å². The topological polar surface area (TPSA) is 68.4 Å². The first kappa shape index (κ1) is 13.8. The van der Waals surface area contributed by atoms with Gasteiger partial charge < -0.3 is 14.5 Å². The van der Waals surface area contributed by atoms with E-state index in [2.05, 4.69) is 4.98 Å². The quantitative estimate of drug-likeness (QED) is 0.669. The number of hydrogen-bond donors (Lipinski definition) is 1. The minimum atomic E-state index is -0.427. The molecule has 0 radical (unpaired) electrons. The molecule has 0 spiro atoms. The largest absolute Gasteiger partial charge is 0.458 e. The number of nitrogens with one attached hydrogen (secondary N) is 1. The molecule has 1 saturated heterocycles. The summed E-state index contributed by atoms with van der Waals surface area (Å²) in [7, 11) is 0. The van der Waals surface area contributed by atoms with Crippen LogP contribution in [-0.2, 0) is 9.47 Å². The van der Waals surface area contributed by atoms with Crippen LogP contribution >= 0.6 is 0 Å². The first-order chi connectivity index (χ1) is 9.00. The number of aromatic amines is 1. The molecule has 2 rings (SSSR count). The Labute approximate surface area is 112 Å². The van der Waals surface area contributed by atoms with Crippen LogP contribution in [0.2, 0.25) is 0 Å². The second-order valence-electron chi connectivity index (χ2n) is 4.91. The van der Waals surface area contributed by atoms with Crippen LogP contribution in [0.25, 0.3) is 0 Å². The van der Waals surface area contributed by atoms with Crippen molar-refractivity contribution in [3.8, 4) is 0 Å². The maximum Gasteiger partial charge on any atom is 0.355 e. The van der Waals surface area contributed by atoms with Gasteiger partial charge in [0.1, 0.15) is 12.3 Å². The van der Waals surface area contributed by atoms with Gasteiger partial charge in [-0.05, 0) is 39.2 Å². The van der Waals surface area contributed by atoms with Gasteiger partial charge in [0, 0.05) is 17.9 Å². The molecule has 1 aliphatic heterocycles. The third-order valence-corrected chi connectivity index (χ3v) is 3.42. The summed E-state index contributed by atoms with van der Waals surface area (Å²) in [5.41, 5.74) is 2.29. The minimum Gasteiger partial charge on any atom is -0.458 e. The highest BCUT2D eigenvalue weighted by Crippen LogP contribution is 2.20. The van der Waals surface area contributed by atoms with Crippen LogP contribution in [0.15, 0.2) is 0 Å². The molecule has 1 N–H and O–H groups in total. The van der Waals surface area contributed by atoms with E-state index >= 15 is 0 Å². The Balaban J connectivity index is 2.06. The SMILES string of the molecule is CC(=O)c1c(C)[nH]c(C(=O)OC[C@@H]2CCCO2)c1C. The zero-order valence-electron chi connectivity index (χ0n) is 11.5. The maximum absolute atomic E-state index is 12.0. The van der Waals surface area contributed by atoms with Crippen molar-refractivity contribution in [3.05, 3.63) is 22.5 Å². The van der Waals surface area contributed by atoms with Gasteiger partial charge in [-0.1, -0.05) is 0 Å². The number of rotatable bonds is 4. The van der Waals surface area contributed by atoms with E-state index in [1.54, 1.807) is 13.8 Å². The first-order valence-corrected chi connectivity index (χ1v) is 6.49. The lowest BCUT2D eigenvalue weighted by Gasteiger charge is -2.09. The highest BCUT2D eigenvalue weighted by molar-refractivity contribution is 6.01. The Morgan fingerprint density at radius 2 is 2.16 bits per heavy atom. The third kappa shape index (κ3) is 2.87. The molecule has 1 aromatic heterocycles. The van der Waals surface area contributed by atoms with E-state index in [1.165, 1.54) is 6.92 Å². The second kappa shape index (κ2) is 5.57. The van der Waals surface area contributed by atoms with Crippen LogP contribution in [0.5, 0.6) is 0 Å². The lowest BCUT2D eigenvalue weighted by molar-refractivity contribution is 0.0156. The van der Waals surface area contributed by atoms with Crippen LogP contribution in [0.3, 0.4) is 0 Å². The molecule has 5 nitrogen and oxygen atoms in total. The van der Waals surface area contributed by atoms with Gasteiger partial charge >= 0.3 is 5.97 Å². The van der Waals surface area contributed by atoms with Gasteiger partial charge in [-0.3, -0.25) is 4.79 Å². The second-order valence-corrected chi connectivity index (χ2v) is 4.91. The molecule has 19 heavy (non-hydrogen) atoms. The van der Waals surface area contributed by atoms with Gasteiger partial charge in [0.05, 0.1) is 6.10 Å². The average molecular weight is 265 g/mol. The molecule has 1 fully saturated rings. The van der Waals surface area contributed by atoms with E-state index in [0.29, 0.717) is 22.5 Å². The normalized spacial score (nSPS) is 18.6. The summed E-state index contributed by atoms with van der Waals surface area (Å²) in [5.74, 6) is -0.479. The summed E-state index contributed by atoms with van der Waals surface area (Å²) in [6.45, 7) is 6.03. The summed E-state index contributed by atoms with van der Waals surface area (Å²) >= 11 is 0. The lowest BCUT2D eigenvalue weighted by Crippen LogP contribution is -2.18. The molecule has 1 atom stereocenters. The number of aromatic nitrogens is 1. The number of aryl methyl sites for hydroxylation is 1. The Morgan fingerprint density at radius 1 is 1.42 bits per heavy atom. The fourth-order valence-electron chi connectivity index (χ4n) is 2.50. The first-order valence-electron chi connectivity index (χ1n) is 6.49.